The average Bonchev–Trinajstić information content (AvgIpc) is 3.14. The van der Waals surface area contributed by atoms with E-state index in [9.17, 15) is 9.18 Å². The van der Waals surface area contributed by atoms with E-state index in [-0.39, 0.29) is 17.8 Å². The smallest absolute Gasteiger partial charge is 0.332 e. The molecule has 1 heterocycles. The normalized spacial score (nSPS) is 20.3. The molecule has 0 amide bonds. The molecule has 0 radical (unpaired) electrons. The number of hydrogen-bond donors (Lipinski definition) is 0. The van der Waals surface area contributed by atoms with Gasteiger partial charge < -0.3 is 9.47 Å². The quantitative estimate of drug-likeness (QED) is 0.535. The zero-order chi connectivity index (χ0) is 21.3. The monoisotopic (exact) mass is 408 g/mol. The number of fused-ring (bicyclic) bond motifs is 3. The van der Waals surface area contributed by atoms with Crippen LogP contribution in [0.15, 0.2) is 59.3 Å². The van der Waals surface area contributed by atoms with E-state index in [1.807, 2.05) is 18.0 Å². The van der Waals surface area contributed by atoms with Crippen molar-refractivity contribution in [1.29, 1.82) is 0 Å². The SMILES string of the molecule is CCOC(=O)C=C(C)N1N=C2c3ccc(OC)cc3CCC2C1c1ccc(F)cc1. The Morgan fingerprint density at radius 3 is 2.73 bits per heavy atom. The van der Waals surface area contributed by atoms with Crippen LogP contribution in [-0.2, 0) is 16.0 Å². The van der Waals surface area contributed by atoms with Gasteiger partial charge in [0.25, 0.3) is 0 Å². The third kappa shape index (κ3) is 3.70. The van der Waals surface area contributed by atoms with Crippen LogP contribution in [0.1, 0.15) is 43.0 Å². The summed E-state index contributed by atoms with van der Waals surface area (Å²) in [6.45, 7) is 3.94. The molecule has 0 N–H and O–H groups in total. The zero-order valence-corrected chi connectivity index (χ0v) is 17.4. The van der Waals surface area contributed by atoms with Crippen molar-refractivity contribution in [3.05, 3.63) is 76.7 Å². The van der Waals surface area contributed by atoms with Gasteiger partial charge in [0.15, 0.2) is 0 Å². The van der Waals surface area contributed by atoms with E-state index >= 15 is 0 Å². The summed E-state index contributed by atoms with van der Waals surface area (Å²) >= 11 is 0. The lowest BCUT2D eigenvalue weighted by Crippen LogP contribution is -2.28. The fraction of sp³-hybridized carbons (Fsp3) is 0.333. The second-order valence-corrected chi connectivity index (χ2v) is 7.53. The van der Waals surface area contributed by atoms with E-state index in [2.05, 4.69) is 12.1 Å². The number of rotatable bonds is 5. The molecule has 2 aliphatic rings. The topological polar surface area (TPSA) is 51.1 Å². The number of halogens is 1. The molecule has 5 nitrogen and oxygen atoms in total. The molecule has 2 unspecified atom stereocenters. The summed E-state index contributed by atoms with van der Waals surface area (Å²) in [5, 5.41) is 6.82. The van der Waals surface area contributed by atoms with Crippen molar-refractivity contribution in [3.8, 4) is 5.75 Å². The summed E-state index contributed by atoms with van der Waals surface area (Å²) in [5.41, 5.74) is 4.96. The molecule has 1 aliphatic carbocycles. The molecular formula is C24H25FN2O3. The molecule has 2 aromatic carbocycles. The van der Waals surface area contributed by atoms with Crippen molar-refractivity contribution < 1.29 is 18.7 Å². The first kappa shape index (κ1) is 20.1. The number of hydrogen-bond acceptors (Lipinski definition) is 5. The number of aryl methyl sites for hydroxylation is 1. The Labute approximate surface area is 175 Å². The van der Waals surface area contributed by atoms with Crippen LogP contribution in [0.3, 0.4) is 0 Å². The minimum Gasteiger partial charge on any atom is -0.497 e. The molecule has 4 rings (SSSR count). The van der Waals surface area contributed by atoms with Gasteiger partial charge in [0.05, 0.1) is 25.5 Å². The van der Waals surface area contributed by atoms with Crippen LogP contribution >= 0.6 is 0 Å². The summed E-state index contributed by atoms with van der Waals surface area (Å²) in [4.78, 5) is 12.0. The lowest BCUT2D eigenvalue weighted by atomic mass is 9.77. The minimum absolute atomic E-state index is 0.110. The Morgan fingerprint density at radius 2 is 2.03 bits per heavy atom. The highest BCUT2D eigenvalue weighted by molar-refractivity contribution is 6.06. The van der Waals surface area contributed by atoms with Gasteiger partial charge in [-0.15, -0.1) is 0 Å². The van der Waals surface area contributed by atoms with Crippen molar-refractivity contribution in [2.75, 3.05) is 13.7 Å². The van der Waals surface area contributed by atoms with E-state index in [4.69, 9.17) is 14.6 Å². The van der Waals surface area contributed by atoms with Gasteiger partial charge in [0, 0.05) is 23.3 Å². The maximum absolute atomic E-state index is 13.6. The molecule has 0 saturated carbocycles. The molecule has 1 aliphatic heterocycles. The molecule has 0 fully saturated rings. The molecule has 6 heteroatoms. The molecule has 30 heavy (non-hydrogen) atoms. The summed E-state index contributed by atoms with van der Waals surface area (Å²) < 4.78 is 24.0. The van der Waals surface area contributed by atoms with Gasteiger partial charge in [-0.1, -0.05) is 12.1 Å². The van der Waals surface area contributed by atoms with Crippen molar-refractivity contribution >= 4 is 11.7 Å². The van der Waals surface area contributed by atoms with Gasteiger partial charge >= 0.3 is 5.97 Å². The number of ether oxygens (including phenoxy) is 2. The average molecular weight is 408 g/mol. The van der Waals surface area contributed by atoms with Crippen LogP contribution < -0.4 is 4.74 Å². The van der Waals surface area contributed by atoms with Crippen LogP contribution in [0, 0.1) is 11.7 Å². The largest absolute Gasteiger partial charge is 0.497 e. The Balaban J connectivity index is 1.77. The summed E-state index contributed by atoms with van der Waals surface area (Å²) in [6.07, 6.45) is 3.28. The molecule has 0 bridgehead atoms. The van der Waals surface area contributed by atoms with Gasteiger partial charge in [-0.2, -0.15) is 5.10 Å². The standard InChI is InChI=1S/C24H25FN2O3/c1-4-30-22(28)13-15(2)27-24(16-5-8-18(25)9-6-16)21-11-7-17-14-19(29-3)10-12-20(17)23(21)26-27/h5-6,8-10,12-14,21,24H,4,7,11H2,1-3H3. The van der Waals surface area contributed by atoms with Gasteiger partial charge in [0.1, 0.15) is 11.6 Å². The van der Waals surface area contributed by atoms with Crippen molar-refractivity contribution in [2.24, 2.45) is 11.0 Å². The fourth-order valence-electron chi connectivity index (χ4n) is 4.34. The van der Waals surface area contributed by atoms with Crippen molar-refractivity contribution in [2.45, 2.75) is 32.7 Å². The number of hydrazone groups is 1. The predicted molar refractivity (Wildman–Crippen MR) is 113 cm³/mol. The van der Waals surface area contributed by atoms with Crippen LogP contribution in [0.4, 0.5) is 4.39 Å². The third-order valence-corrected chi connectivity index (χ3v) is 5.71. The first-order chi connectivity index (χ1) is 14.5. The molecule has 156 valence electrons. The highest BCUT2D eigenvalue weighted by Crippen LogP contribution is 2.45. The molecule has 0 saturated heterocycles. The first-order valence-electron chi connectivity index (χ1n) is 10.2. The minimum atomic E-state index is -0.395. The predicted octanol–water partition coefficient (Wildman–Crippen LogP) is 4.62. The maximum Gasteiger partial charge on any atom is 0.332 e. The lowest BCUT2D eigenvalue weighted by Gasteiger charge is -2.31. The Bertz CT molecular complexity index is 1010. The van der Waals surface area contributed by atoms with E-state index in [0.29, 0.717) is 12.3 Å². The number of carbonyl (C=O) groups excluding carboxylic acids is 1. The second-order valence-electron chi connectivity index (χ2n) is 7.53. The van der Waals surface area contributed by atoms with Crippen LogP contribution in [0.25, 0.3) is 0 Å². The van der Waals surface area contributed by atoms with E-state index in [0.717, 1.165) is 35.4 Å². The summed E-state index contributed by atoms with van der Waals surface area (Å²) in [6, 6.07) is 12.5. The molecule has 2 aromatic rings. The van der Waals surface area contributed by atoms with Crippen molar-refractivity contribution in [3.63, 3.8) is 0 Å². The molecule has 0 spiro atoms. The van der Waals surface area contributed by atoms with E-state index < -0.39 is 5.97 Å². The van der Waals surface area contributed by atoms with Crippen molar-refractivity contribution in [1.82, 2.24) is 5.01 Å². The molecule has 2 atom stereocenters. The Kier molecular flexibility index (Phi) is 5.57. The fourth-order valence-corrected chi connectivity index (χ4v) is 4.34. The maximum atomic E-state index is 13.6. The lowest BCUT2D eigenvalue weighted by molar-refractivity contribution is -0.137. The summed E-state index contributed by atoms with van der Waals surface area (Å²) in [5.74, 6) is 0.301. The van der Waals surface area contributed by atoms with Crippen LogP contribution in [0.2, 0.25) is 0 Å². The molecule has 0 aromatic heterocycles. The number of methoxy groups -OCH3 is 1. The van der Waals surface area contributed by atoms with Crippen LogP contribution in [-0.4, -0.2) is 30.4 Å². The number of esters is 1. The Hall–Kier alpha value is -3.15. The highest BCUT2D eigenvalue weighted by Gasteiger charge is 2.42. The van der Waals surface area contributed by atoms with Gasteiger partial charge in [0.2, 0.25) is 0 Å². The third-order valence-electron chi connectivity index (χ3n) is 5.71. The summed E-state index contributed by atoms with van der Waals surface area (Å²) in [7, 11) is 1.66. The van der Waals surface area contributed by atoms with Crippen LogP contribution in [0.5, 0.6) is 5.75 Å². The number of allylic oxidation sites excluding steroid dienone is 1. The zero-order valence-electron chi connectivity index (χ0n) is 17.4. The number of nitrogens with zero attached hydrogens (tertiary/aromatic N) is 2. The Morgan fingerprint density at radius 1 is 1.27 bits per heavy atom. The number of carbonyl (C=O) groups is 1. The van der Waals surface area contributed by atoms with Gasteiger partial charge in [-0.05, 0) is 68.1 Å². The first-order valence-corrected chi connectivity index (χ1v) is 10.2. The molecular weight excluding hydrogens is 383 g/mol. The van der Waals surface area contributed by atoms with Gasteiger partial charge in [-0.3, -0.25) is 5.01 Å². The second kappa shape index (κ2) is 8.30. The van der Waals surface area contributed by atoms with E-state index in [1.165, 1.54) is 23.8 Å². The van der Waals surface area contributed by atoms with Gasteiger partial charge in [-0.25, -0.2) is 9.18 Å². The highest BCUT2D eigenvalue weighted by atomic mass is 19.1. The van der Waals surface area contributed by atoms with E-state index in [1.54, 1.807) is 26.2 Å². The number of benzene rings is 2.